The van der Waals surface area contributed by atoms with Crippen molar-refractivity contribution in [2.24, 2.45) is 0 Å². The Balaban J connectivity index is 1.97. The molecule has 0 radical (unpaired) electrons. The molecular formula is C13H22N2O2. The van der Waals surface area contributed by atoms with Crippen LogP contribution in [0.15, 0.2) is 10.6 Å². The van der Waals surface area contributed by atoms with Crippen molar-refractivity contribution in [2.75, 3.05) is 6.61 Å². The number of rotatable bonds is 5. The summed E-state index contributed by atoms with van der Waals surface area (Å²) in [6.45, 7) is 7.91. The van der Waals surface area contributed by atoms with E-state index in [4.69, 9.17) is 9.15 Å². The third kappa shape index (κ3) is 3.07. The molecule has 0 bridgehead atoms. The van der Waals surface area contributed by atoms with Crippen LogP contribution in [0.25, 0.3) is 0 Å². The zero-order valence-corrected chi connectivity index (χ0v) is 10.9. The number of hydrogen-bond acceptors (Lipinski definition) is 4. The Kier molecular flexibility index (Phi) is 4.18. The van der Waals surface area contributed by atoms with E-state index < -0.39 is 0 Å². The van der Waals surface area contributed by atoms with Crippen LogP contribution in [0, 0.1) is 0 Å². The van der Waals surface area contributed by atoms with Crippen molar-refractivity contribution in [3.8, 4) is 0 Å². The summed E-state index contributed by atoms with van der Waals surface area (Å²) in [7, 11) is 0. The van der Waals surface area contributed by atoms with Gasteiger partial charge in [0.15, 0.2) is 0 Å². The minimum absolute atomic E-state index is 0.300. The molecule has 1 aliphatic heterocycles. The molecule has 4 nitrogen and oxygen atoms in total. The molecule has 17 heavy (non-hydrogen) atoms. The molecule has 2 atom stereocenters. The van der Waals surface area contributed by atoms with Gasteiger partial charge in [0.05, 0.1) is 18.8 Å². The largest absolute Gasteiger partial charge is 0.444 e. The Morgan fingerprint density at radius 1 is 1.53 bits per heavy atom. The van der Waals surface area contributed by atoms with Gasteiger partial charge in [0.1, 0.15) is 5.76 Å². The van der Waals surface area contributed by atoms with E-state index in [1.165, 1.54) is 0 Å². The number of ether oxygens (including phenoxy) is 1. The van der Waals surface area contributed by atoms with Crippen molar-refractivity contribution in [1.82, 2.24) is 10.3 Å². The second-order valence-electron chi connectivity index (χ2n) is 4.90. The van der Waals surface area contributed by atoms with Crippen LogP contribution < -0.4 is 5.32 Å². The lowest BCUT2D eigenvalue weighted by Crippen LogP contribution is -2.21. The maximum absolute atomic E-state index is 5.80. The highest BCUT2D eigenvalue weighted by Crippen LogP contribution is 2.33. The van der Waals surface area contributed by atoms with Crippen molar-refractivity contribution in [3.05, 3.63) is 17.8 Å². The first-order valence-corrected chi connectivity index (χ1v) is 6.50. The Morgan fingerprint density at radius 2 is 2.35 bits per heavy atom. The van der Waals surface area contributed by atoms with Gasteiger partial charge in [-0.2, -0.15) is 0 Å². The van der Waals surface area contributed by atoms with Crippen LogP contribution in [-0.2, 0) is 11.3 Å². The number of aromatic nitrogens is 1. The Hall–Kier alpha value is -0.870. The van der Waals surface area contributed by atoms with E-state index in [1.54, 1.807) is 0 Å². The van der Waals surface area contributed by atoms with Gasteiger partial charge in [-0.15, -0.1) is 0 Å². The first-order valence-electron chi connectivity index (χ1n) is 6.50. The molecule has 2 unspecified atom stereocenters. The first-order chi connectivity index (χ1) is 8.20. The fourth-order valence-electron chi connectivity index (χ4n) is 2.25. The average Bonchev–Trinajstić information content (AvgIpc) is 2.94. The van der Waals surface area contributed by atoms with Crippen molar-refractivity contribution in [2.45, 2.75) is 58.2 Å². The molecule has 0 aromatic carbocycles. The van der Waals surface area contributed by atoms with Gasteiger partial charge >= 0.3 is 0 Å². The van der Waals surface area contributed by atoms with Crippen LogP contribution in [0.2, 0.25) is 0 Å². The number of oxazole rings is 1. The molecule has 1 N–H and O–H groups in total. The Bertz CT molecular complexity index is 349. The van der Waals surface area contributed by atoms with Crippen molar-refractivity contribution >= 4 is 0 Å². The summed E-state index contributed by atoms with van der Waals surface area (Å²) in [5, 5.41) is 3.30. The number of nitrogens with one attached hydrogen (secondary N) is 1. The van der Waals surface area contributed by atoms with Gasteiger partial charge in [-0.05, 0) is 12.8 Å². The maximum Gasteiger partial charge on any atom is 0.208 e. The van der Waals surface area contributed by atoms with Crippen molar-refractivity contribution in [3.63, 3.8) is 0 Å². The quantitative estimate of drug-likeness (QED) is 0.856. The normalized spacial score (nSPS) is 24.7. The molecule has 4 heteroatoms. The van der Waals surface area contributed by atoms with Crippen LogP contribution in [0.4, 0.5) is 0 Å². The lowest BCUT2D eigenvalue weighted by atomic mass is 9.97. The van der Waals surface area contributed by atoms with Gasteiger partial charge in [0.25, 0.3) is 0 Å². The lowest BCUT2D eigenvalue weighted by molar-refractivity contribution is 0.0971. The van der Waals surface area contributed by atoms with Crippen molar-refractivity contribution in [1.29, 1.82) is 0 Å². The van der Waals surface area contributed by atoms with Crippen molar-refractivity contribution < 1.29 is 9.15 Å². The summed E-state index contributed by atoms with van der Waals surface area (Å²) in [6.07, 6.45) is 4.24. The second-order valence-corrected chi connectivity index (χ2v) is 4.90. The number of nitrogens with zero attached hydrogens (tertiary/aromatic N) is 1. The van der Waals surface area contributed by atoms with Gasteiger partial charge in [0, 0.05) is 18.6 Å². The predicted molar refractivity (Wildman–Crippen MR) is 65.9 cm³/mol. The van der Waals surface area contributed by atoms with Crippen LogP contribution in [0.3, 0.4) is 0 Å². The summed E-state index contributed by atoms with van der Waals surface area (Å²) in [5.74, 6) is 2.14. The molecule has 0 amide bonds. The highest BCUT2D eigenvalue weighted by Gasteiger charge is 2.30. The van der Waals surface area contributed by atoms with E-state index >= 15 is 0 Å². The predicted octanol–water partition coefficient (Wildman–Crippen LogP) is 2.46. The summed E-state index contributed by atoms with van der Waals surface area (Å²) < 4.78 is 11.5. The first kappa shape index (κ1) is 12.6. The molecule has 1 saturated heterocycles. The molecule has 96 valence electrons. The SMILES string of the molecule is CCC1OCCC1c1cnc(CNC(C)C)o1. The van der Waals surface area contributed by atoms with E-state index in [-0.39, 0.29) is 0 Å². The third-order valence-electron chi connectivity index (χ3n) is 3.21. The van der Waals surface area contributed by atoms with E-state index in [1.807, 2.05) is 6.20 Å². The van der Waals surface area contributed by atoms with Crippen LogP contribution in [-0.4, -0.2) is 23.7 Å². The molecular weight excluding hydrogens is 216 g/mol. The van der Waals surface area contributed by atoms with E-state index in [0.29, 0.717) is 24.6 Å². The summed E-state index contributed by atoms with van der Waals surface area (Å²) in [5.41, 5.74) is 0. The van der Waals surface area contributed by atoms with E-state index in [2.05, 4.69) is 31.1 Å². The monoisotopic (exact) mass is 238 g/mol. The highest BCUT2D eigenvalue weighted by atomic mass is 16.5. The molecule has 0 saturated carbocycles. The minimum atomic E-state index is 0.300. The zero-order valence-electron chi connectivity index (χ0n) is 10.9. The summed E-state index contributed by atoms with van der Waals surface area (Å²) in [6, 6.07) is 0.448. The average molecular weight is 238 g/mol. The highest BCUT2D eigenvalue weighted by molar-refractivity contribution is 5.06. The third-order valence-corrected chi connectivity index (χ3v) is 3.21. The Morgan fingerprint density at radius 3 is 3.06 bits per heavy atom. The van der Waals surface area contributed by atoms with E-state index in [0.717, 1.165) is 31.1 Å². The lowest BCUT2D eigenvalue weighted by Gasteiger charge is -2.13. The standard InChI is InChI=1S/C13H22N2O2/c1-4-11-10(5-6-16-11)12-7-15-13(17-12)8-14-9(2)3/h7,9-11,14H,4-6,8H2,1-3H3. The van der Waals surface area contributed by atoms with Gasteiger partial charge in [0.2, 0.25) is 5.89 Å². The topological polar surface area (TPSA) is 47.3 Å². The van der Waals surface area contributed by atoms with Crippen LogP contribution in [0.5, 0.6) is 0 Å². The molecule has 0 aliphatic carbocycles. The maximum atomic E-state index is 5.80. The second kappa shape index (κ2) is 5.65. The fourth-order valence-corrected chi connectivity index (χ4v) is 2.25. The molecule has 1 aliphatic rings. The van der Waals surface area contributed by atoms with Gasteiger partial charge in [-0.3, -0.25) is 0 Å². The fraction of sp³-hybridized carbons (Fsp3) is 0.769. The molecule has 2 heterocycles. The zero-order chi connectivity index (χ0) is 12.3. The molecule has 0 spiro atoms. The summed E-state index contributed by atoms with van der Waals surface area (Å²) >= 11 is 0. The molecule has 1 fully saturated rings. The van der Waals surface area contributed by atoms with Crippen LogP contribution >= 0.6 is 0 Å². The van der Waals surface area contributed by atoms with Crippen LogP contribution in [0.1, 0.15) is 51.2 Å². The van der Waals surface area contributed by atoms with Gasteiger partial charge < -0.3 is 14.5 Å². The summed E-state index contributed by atoms with van der Waals surface area (Å²) in [4.78, 5) is 4.32. The van der Waals surface area contributed by atoms with E-state index in [9.17, 15) is 0 Å². The molecule has 1 aromatic heterocycles. The molecule has 1 aromatic rings. The minimum Gasteiger partial charge on any atom is -0.444 e. The Labute approximate surface area is 103 Å². The smallest absolute Gasteiger partial charge is 0.208 e. The number of hydrogen-bond donors (Lipinski definition) is 1. The van der Waals surface area contributed by atoms with Gasteiger partial charge in [-0.25, -0.2) is 4.98 Å². The van der Waals surface area contributed by atoms with Gasteiger partial charge in [-0.1, -0.05) is 20.8 Å². The molecule has 2 rings (SSSR count).